The first-order valence-electron chi connectivity index (χ1n) is 12.2. The fourth-order valence-electron chi connectivity index (χ4n) is 4.94. The second-order valence-electron chi connectivity index (χ2n) is 9.21. The molecule has 0 radical (unpaired) electrons. The minimum atomic E-state index is 0. The molecule has 0 spiro atoms. The Morgan fingerprint density at radius 1 is 0.727 bits per heavy atom. The van der Waals surface area contributed by atoms with Gasteiger partial charge in [-0.3, -0.25) is 0 Å². The summed E-state index contributed by atoms with van der Waals surface area (Å²) < 4.78 is 6.29. The summed E-state index contributed by atoms with van der Waals surface area (Å²) in [6.45, 7) is 6.64. The van der Waals surface area contributed by atoms with Gasteiger partial charge in [-0.15, -0.1) is 0 Å². The Morgan fingerprint density at radius 2 is 1.24 bits per heavy atom. The number of rotatable bonds is 2. The predicted octanol–water partition coefficient (Wildman–Crippen LogP) is 2.25. The van der Waals surface area contributed by atoms with Gasteiger partial charge in [0.1, 0.15) is 0 Å². The van der Waals surface area contributed by atoms with Crippen LogP contribution in [0.3, 0.4) is 0 Å². The molecule has 0 aliphatic heterocycles. The van der Waals surface area contributed by atoms with Gasteiger partial charge in [0.05, 0.1) is 0 Å². The molecule has 0 unspecified atom stereocenters. The minimum absolute atomic E-state index is 0. The van der Waals surface area contributed by atoms with Crippen LogP contribution in [0.5, 0.6) is 0 Å². The molecule has 5 heteroatoms. The first-order chi connectivity index (χ1) is 15.1. The van der Waals surface area contributed by atoms with E-state index < -0.39 is 0 Å². The normalized spacial score (nSPS) is 18.6. The van der Waals surface area contributed by atoms with Gasteiger partial charge < -0.3 is 24.8 Å². The van der Waals surface area contributed by atoms with Crippen molar-refractivity contribution in [3.8, 4) is 5.69 Å². The molecule has 1 fully saturated rings. The number of nitrogens with zero attached hydrogens (tertiary/aromatic N) is 2. The third-order valence-electron chi connectivity index (χ3n) is 6.49. The predicted molar refractivity (Wildman–Crippen MR) is 129 cm³/mol. The number of hydrogen-bond acceptors (Lipinski definition) is 0. The molecule has 185 valence electrons. The molecule has 2 aromatic rings. The first-order valence-corrected chi connectivity index (χ1v) is 13.4. The number of halogens is 2. The van der Waals surface area contributed by atoms with E-state index in [1.54, 1.807) is 0 Å². The standard InChI is InChI=1S/C20H28N2.C8H12.2ClH.Ir/c1-16-13-17(2)20(18(3)14-16)22-12-11-21(15-22)19-9-7-5-4-6-8-10-19;1-2-4-6-8-7-5-3-1;;;/h11-14,19H,4-10H2,1-3H3;1-4H,5-8H2;2*1H;/q;;;;+2/p-2/b;3-1-,4-2-;;;. The van der Waals surface area contributed by atoms with Gasteiger partial charge in [-0.1, -0.05) is 24.3 Å². The van der Waals surface area contributed by atoms with E-state index in [9.17, 15) is 0 Å². The van der Waals surface area contributed by atoms with Crippen molar-refractivity contribution in [2.75, 3.05) is 0 Å². The van der Waals surface area contributed by atoms with Gasteiger partial charge in [0.15, 0.2) is 0 Å². The summed E-state index contributed by atoms with van der Waals surface area (Å²) in [4.78, 5) is 0. The van der Waals surface area contributed by atoms with Crippen LogP contribution in [0.1, 0.15) is 93.4 Å². The summed E-state index contributed by atoms with van der Waals surface area (Å²) in [6, 6.07) is 5.27. The Labute approximate surface area is 224 Å². The van der Waals surface area contributed by atoms with Crippen LogP contribution in [-0.4, -0.2) is 9.13 Å². The van der Waals surface area contributed by atoms with Crippen molar-refractivity contribution < 1.29 is 43.3 Å². The van der Waals surface area contributed by atoms with Crippen molar-refractivity contribution in [1.82, 2.24) is 9.13 Å². The summed E-state index contributed by atoms with van der Waals surface area (Å²) in [6.07, 6.45) is 28.2. The summed E-state index contributed by atoms with van der Waals surface area (Å²) in [7, 11) is 0. The Kier molecular flexibility index (Phi) is 14.6. The van der Waals surface area contributed by atoms with E-state index in [4.69, 9.17) is 0 Å². The number of hydrogen-bond donors (Lipinski definition) is 0. The van der Waals surface area contributed by atoms with Gasteiger partial charge in [-0.2, -0.15) is 0 Å². The average Bonchev–Trinajstić information content (AvgIpc) is 3.02. The number of benzene rings is 1. The van der Waals surface area contributed by atoms with Crippen molar-refractivity contribution >= 4 is 0 Å². The van der Waals surface area contributed by atoms with E-state index in [-0.39, 0.29) is 24.8 Å². The maximum Gasteiger partial charge on any atom is -1.00 e. The summed E-state index contributed by atoms with van der Waals surface area (Å²) in [5.41, 5.74) is 5.44. The smallest absolute Gasteiger partial charge is 1.00 e. The zero-order chi connectivity index (χ0) is 22.1. The van der Waals surface area contributed by atoms with E-state index >= 15 is 0 Å². The van der Waals surface area contributed by atoms with Crippen molar-refractivity contribution in [3.05, 3.63) is 69.5 Å². The van der Waals surface area contributed by atoms with Gasteiger partial charge in [0.25, 0.3) is 0 Å². The molecule has 4 rings (SSSR count). The van der Waals surface area contributed by atoms with E-state index in [0.717, 1.165) is 0 Å². The average molecular weight is 668 g/mol. The fourth-order valence-corrected chi connectivity index (χ4v) is 6.01. The number of imidazole rings is 1. The van der Waals surface area contributed by atoms with Crippen molar-refractivity contribution in [2.24, 2.45) is 0 Å². The quantitative estimate of drug-likeness (QED) is 0.466. The number of aromatic nitrogens is 2. The van der Waals surface area contributed by atoms with E-state index in [0.29, 0.717) is 6.04 Å². The molecule has 33 heavy (non-hydrogen) atoms. The third-order valence-corrected chi connectivity index (χ3v) is 7.68. The third kappa shape index (κ3) is 9.02. The van der Waals surface area contributed by atoms with Crippen LogP contribution >= 0.6 is 0 Å². The van der Waals surface area contributed by atoms with Crippen molar-refractivity contribution in [1.29, 1.82) is 0 Å². The monoisotopic (exact) mass is 667 g/mol. The van der Waals surface area contributed by atoms with E-state index in [1.807, 2.05) is 0 Å². The number of allylic oxidation sites excluding steroid dienone is 4. The molecule has 1 aromatic carbocycles. The summed E-state index contributed by atoms with van der Waals surface area (Å²) in [5.74, 6) is 0. The van der Waals surface area contributed by atoms with Crippen LogP contribution in [0.15, 0.2) is 48.8 Å². The molecule has 2 nitrogen and oxygen atoms in total. The molecule has 0 bridgehead atoms. The van der Waals surface area contributed by atoms with Crippen LogP contribution < -0.4 is 24.8 Å². The van der Waals surface area contributed by atoms with Crippen LogP contribution in [0.25, 0.3) is 5.69 Å². The molecule has 0 saturated heterocycles. The zero-order valence-electron chi connectivity index (χ0n) is 20.5. The van der Waals surface area contributed by atoms with Crippen LogP contribution in [0.4, 0.5) is 0 Å². The fraction of sp³-hybridized carbons (Fsp3) is 0.536. The Balaban J connectivity index is 0.000000465. The second kappa shape index (κ2) is 15.9. The maximum atomic E-state index is 2.53. The van der Waals surface area contributed by atoms with Crippen LogP contribution in [-0.2, 0) is 18.4 Å². The minimum Gasteiger partial charge on any atom is -1.00 e. The second-order valence-corrected chi connectivity index (χ2v) is 10.3. The molecule has 1 saturated carbocycles. The Bertz CT molecular complexity index is 910. The molecule has 0 amide bonds. The molecule has 2 aliphatic carbocycles. The molecule has 1 heterocycles. The van der Waals surface area contributed by atoms with Crippen molar-refractivity contribution in [3.63, 3.8) is 0 Å². The molecule has 0 N–H and O–H groups in total. The molecular weight excluding hydrogens is 627 g/mol. The van der Waals surface area contributed by atoms with Crippen LogP contribution in [0.2, 0.25) is 0 Å². The Morgan fingerprint density at radius 3 is 1.79 bits per heavy atom. The topological polar surface area (TPSA) is 9.86 Å². The zero-order valence-corrected chi connectivity index (χ0v) is 24.4. The maximum absolute atomic E-state index is 2.53. The molecule has 0 atom stereocenters. The van der Waals surface area contributed by atoms with E-state index in [2.05, 4.69) is 97.2 Å². The van der Waals surface area contributed by atoms with Gasteiger partial charge in [0, 0.05) is 0 Å². The first kappa shape index (κ1) is 30.2. The Hall–Kier alpha value is -0.861. The van der Waals surface area contributed by atoms with Crippen molar-refractivity contribution in [2.45, 2.75) is 97.4 Å². The van der Waals surface area contributed by atoms with Gasteiger partial charge in [-0.25, -0.2) is 0 Å². The summed E-state index contributed by atoms with van der Waals surface area (Å²) >= 11 is 2.28. The SMILES string of the molecule is C1=C\CCCC\C=C/1.Cc1cc(C)c(-n2ccn(C3CCCCCCC3)[c]2=[Ir+2])c(C)c1.[Cl-].[Cl-]. The molecule has 1 aromatic heterocycles. The van der Waals surface area contributed by atoms with Gasteiger partial charge in [-0.05, 0) is 25.7 Å². The molecule has 2 aliphatic rings. The van der Waals surface area contributed by atoms with Crippen LogP contribution in [0, 0.1) is 24.7 Å². The molecular formula is C28H40Cl2IrN2. The van der Waals surface area contributed by atoms with Gasteiger partial charge >= 0.3 is 150 Å². The van der Waals surface area contributed by atoms with Gasteiger partial charge in [0.2, 0.25) is 0 Å². The largest absolute Gasteiger partial charge is 1.00 e. The summed E-state index contributed by atoms with van der Waals surface area (Å²) in [5, 5.41) is 0. The van der Waals surface area contributed by atoms with E-state index in [1.165, 1.54) is 96.9 Å². The number of aryl methyl sites for hydroxylation is 3.